The largest absolute Gasteiger partial charge is 0.455 e. The highest BCUT2D eigenvalue weighted by Crippen LogP contribution is 2.41. The molecule has 3 heteroatoms. The van der Waals surface area contributed by atoms with E-state index < -0.39 is 0 Å². The average Bonchev–Trinajstić information content (AvgIpc) is 3.49. The first-order chi connectivity index (χ1) is 22.3. The standard InChI is InChI=1S/C42H26N2O/c1-3-12-27(13-4-1)29-16-11-17-30(24-29)40-41(44-38-21-10-9-20-37(38)43-40)31-22-23-33-36-26-35(28-14-5-2-6-15-28)32-18-7-8-19-34(32)42(36)45-39(33)25-31/h1-26H. The summed E-state index contributed by atoms with van der Waals surface area (Å²) in [5, 5.41) is 4.47. The van der Waals surface area contributed by atoms with E-state index in [9.17, 15) is 0 Å². The molecule has 0 radical (unpaired) electrons. The fourth-order valence-electron chi connectivity index (χ4n) is 6.48. The van der Waals surface area contributed by atoms with E-state index in [4.69, 9.17) is 14.4 Å². The van der Waals surface area contributed by atoms with Crippen LogP contribution in [0.15, 0.2) is 162 Å². The van der Waals surface area contributed by atoms with Gasteiger partial charge in [0.2, 0.25) is 0 Å². The lowest BCUT2D eigenvalue weighted by atomic mass is 9.95. The lowest BCUT2D eigenvalue weighted by molar-refractivity contribution is 0.673. The fourth-order valence-corrected chi connectivity index (χ4v) is 6.48. The summed E-state index contributed by atoms with van der Waals surface area (Å²) in [5.41, 5.74) is 11.8. The number of fused-ring (bicyclic) bond motifs is 6. The summed E-state index contributed by atoms with van der Waals surface area (Å²) in [7, 11) is 0. The highest BCUT2D eigenvalue weighted by Gasteiger charge is 2.18. The molecule has 9 rings (SSSR count). The molecule has 0 amide bonds. The molecule has 7 aromatic carbocycles. The highest BCUT2D eigenvalue weighted by molar-refractivity contribution is 6.19. The number of aromatic nitrogens is 2. The molecule has 0 saturated heterocycles. The van der Waals surface area contributed by atoms with Gasteiger partial charge in [-0.25, -0.2) is 9.97 Å². The minimum absolute atomic E-state index is 0.830. The summed E-state index contributed by atoms with van der Waals surface area (Å²) >= 11 is 0. The zero-order valence-corrected chi connectivity index (χ0v) is 24.3. The minimum Gasteiger partial charge on any atom is -0.455 e. The van der Waals surface area contributed by atoms with Crippen LogP contribution >= 0.6 is 0 Å². The molecule has 45 heavy (non-hydrogen) atoms. The number of benzene rings is 7. The molecule has 0 saturated carbocycles. The lowest BCUT2D eigenvalue weighted by Crippen LogP contribution is -1.95. The maximum atomic E-state index is 6.68. The van der Waals surface area contributed by atoms with Gasteiger partial charge in [0.05, 0.1) is 22.4 Å². The van der Waals surface area contributed by atoms with Gasteiger partial charge in [-0.1, -0.05) is 121 Å². The first-order valence-corrected chi connectivity index (χ1v) is 15.2. The Labute approximate surface area is 260 Å². The van der Waals surface area contributed by atoms with Crippen LogP contribution in [-0.2, 0) is 0 Å². The normalized spacial score (nSPS) is 11.6. The van der Waals surface area contributed by atoms with E-state index in [1.165, 1.54) is 22.1 Å². The smallest absolute Gasteiger partial charge is 0.143 e. The van der Waals surface area contributed by atoms with E-state index >= 15 is 0 Å². The maximum absolute atomic E-state index is 6.68. The predicted octanol–water partition coefficient (Wildman–Crippen LogP) is 11.4. The Bertz CT molecular complexity index is 2530. The lowest BCUT2D eigenvalue weighted by Gasteiger charge is -2.12. The average molecular weight is 575 g/mol. The van der Waals surface area contributed by atoms with Gasteiger partial charge in [0.1, 0.15) is 11.2 Å². The van der Waals surface area contributed by atoms with Crippen molar-refractivity contribution in [1.82, 2.24) is 9.97 Å². The summed E-state index contributed by atoms with van der Waals surface area (Å²) < 4.78 is 6.68. The predicted molar refractivity (Wildman–Crippen MR) is 186 cm³/mol. The second-order valence-corrected chi connectivity index (χ2v) is 11.4. The Hall–Kier alpha value is -6.06. The molecule has 0 unspecified atom stereocenters. The summed E-state index contributed by atoms with van der Waals surface area (Å²) in [5.74, 6) is 0. The third-order valence-electron chi connectivity index (χ3n) is 8.65. The van der Waals surface area contributed by atoms with Crippen molar-refractivity contribution in [2.75, 3.05) is 0 Å². The van der Waals surface area contributed by atoms with E-state index in [0.29, 0.717) is 0 Å². The zero-order chi connectivity index (χ0) is 29.7. The van der Waals surface area contributed by atoms with Crippen LogP contribution in [0.4, 0.5) is 0 Å². The Morgan fingerprint density at radius 1 is 0.356 bits per heavy atom. The van der Waals surface area contributed by atoms with Crippen LogP contribution in [0.25, 0.3) is 88.5 Å². The van der Waals surface area contributed by atoms with Gasteiger partial charge in [-0.2, -0.15) is 0 Å². The molecule has 9 aromatic rings. The van der Waals surface area contributed by atoms with Crippen molar-refractivity contribution in [1.29, 1.82) is 0 Å². The Kier molecular flexibility index (Phi) is 5.82. The van der Waals surface area contributed by atoms with E-state index in [1.54, 1.807) is 0 Å². The number of para-hydroxylation sites is 2. The second-order valence-electron chi connectivity index (χ2n) is 11.4. The molecule has 0 fully saturated rings. The van der Waals surface area contributed by atoms with Gasteiger partial charge >= 0.3 is 0 Å². The topological polar surface area (TPSA) is 38.9 Å². The molecule has 0 aliphatic rings. The van der Waals surface area contributed by atoms with Crippen LogP contribution in [0.3, 0.4) is 0 Å². The number of furan rings is 1. The third-order valence-corrected chi connectivity index (χ3v) is 8.65. The first-order valence-electron chi connectivity index (χ1n) is 15.2. The molecule has 0 aliphatic carbocycles. The molecule has 0 bridgehead atoms. The molecule has 2 aromatic heterocycles. The molecule has 0 aliphatic heterocycles. The Balaban J connectivity index is 1.26. The zero-order valence-electron chi connectivity index (χ0n) is 24.3. The van der Waals surface area contributed by atoms with Crippen LogP contribution in [0.1, 0.15) is 0 Å². The summed E-state index contributed by atoms with van der Waals surface area (Å²) in [6.07, 6.45) is 0. The van der Waals surface area contributed by atoms with Gasteiger partial charge in [0.15, 0.2) is 0 Å². The molecular formula is C42H26N2O. The number of nitrogens with zero attached hydrogens (tertiary/aromatic N) is 2. The molecule has 0 spiro atoms. The SMILES string of the molecule is c1ccc(-c2cccc(-c3nc4ccccc4nc3-c3ccc4c(c3)oc3c5ccccc5c(-c5ccccc5)cc43)c2)cc1. The van der Waals surface area contributed by atoms with E-state index in [2.05, 4.69) is 127 Å². The van der Waals surface area contributed by atoms with Gasteiger partial charge in [-0.05, 0) is 64.0 Å². The van der Waals surface area contributed by atoms with Crippen LogP contribution in [0, 0.1) is 0 Å². The van der Waals surface area contributed by atoms with Gasteiger partial charge in [-0.15, -0.1) is 0 Å². The van der Waals surface area contributed by atoms with Gasteiger partial charge < -0.3 is 4.42 Å². The van der Waals surface area contributed by atoms with Crippen LogP contribution < -0.4 is 0 Å². The minimum atomic E-state index is 0.830. The molecule has 2 heterocycles. The Morgan fingerprint density at radius 3 is 1.67 bits per heavy atom. The maximum Gasteiger partial charge on any atom is 0.143 e. The molecular weight excluding hydrogens is 548 g/mol. The van der Waals surface area contributed by atoms with Crippen molar-refractivity contribution in [2.24, 2.45) is 0 Å². The summed E-state index contributed by atoms with van der Waals surface area (Å²) in [4.78, 5) is 10.4. The number of hydrogen-bond donors (Lipinski definition) is 0. The summed E-state index contributed by atoms with van der Waals surface area (Å²) in [6.45, 7) is 0. The van der Waals surface area contributed by atoms with Crippen molar-refractivity contribution in [3.05, 3.63) is 158 Å². The van der Waals surface area contributed by atoms with E-state index in [-0.39, 0.29) is 0 Å². The molecule has 210 valence electrons. The van der Waals surface area contributed by atoms with Crippen LogP contribution in [0.5, 0.6) is 0 Å². The third kappa shape index (κ3) is 4.29. The van der Waals surface area contributed by atoms with Crippen LogP contribution in [0.2, 0.25) is 0 Å². The molecule has 3 nitrogen and oxygen atoms in total. The fraction of sp³-hybridized carbons (Fsp3) is 0. The highest BCUT2D eigenvalue weighted by atomic mass is 16.3. The van der Waals surface area contributed by atoms with Crippen molar-refractivity contribution in [2.45, 2.75) is 0 Å². The van der Waals surface area contributed by atoms with Crippen molar-refractivity contribution < 1.29 is 4.42 Å². The molecule has 0 atom stereocenters. The number of rotatable bonds is 4. The first kappa shape index (κ1) is 25.4. The Morgan fingerprint density at radius 2 is 0.933 bits per heavy atom. The van der Waals surface area contributed by atoms with E-state index in [0.717, 1.165) is 66.4 Å². The van der Waals surface area contributed by atoms with Crippen molar-refractivity contribution >= 4 is 43.7 Å². The van der Waals surface area contributed by atoms with E-state index in [1.807, 2.05) is 30.3 Å². The summed E-state index contributed by atoms with van der Waals surface area (Å²) in [6, 6.07) is 54.8. The quantitative estimate of drug-likeness (QED) is 0.210. The van der Waals surface area contributed by atoms with Gasteiger partial charge in [0.25, 0.3) is 0 Å². The van der Waals surface area contributed by atoms with Crippen molar-refractivity contribution in [3.8, 4) is 44.8 Å². The van der Waals surface area contributed by atoms with Crippen molar-refractivity contribution in [3.63, 3.8) is 0 Å². The second kappa shape index (κ2) is 10.3. The monoisotopic (exact) mass is 574 g/mol. The van der Waals surface area contributed by atoms with Crippen LogP contribution in [-0.4, -0.2) is 9.97 Å². The van der Waals surface area contributed by atoms with Gasteiger partial charge in [0, 0.05) is 27.3 Å². The molecule has 0 N–H and O–H groups in total. The number of hydrogen-bond acceptors (Lipinski definition) is 3. The van der Waals surface area contributed by atoms with Gasteiger partial charge in [-0.3, -0.25) is 0 Å².